The zero-order valence-electron chi connectivity index (χ0n) is 16.3. The van der Waals surface area contributed by atoms with Crippen LogP contribution in [0.25, 0.3) is 11.3 Å². The molecule has 1 aliphatic heterocycles. The van der Waals surface area contributed by atoms with Crippen LogP contribution in [0.15, 0.2) is 57.2 Å². The maximum atomic E-state index is 12.9. The number of sulfonamides is 1. The lowest BCUT2D eigenvalue weighted by Crippen LogP contribution is -2.48. The predicted octanol–water partition coefficient (Wildman–Crippen LogP) is 4.70. The first-order valence-corrected chi connectivity index (χ1v) is 12.5. The molecule has 1 aliphatic rings. The molecule has 0 amide bonds. The van der Waals surface area contributed by atoms with Crippen molar-refractivity contribution in [1.29, 1.82) is 0 Å². The van der Waals surface area contributed by atoms with Crippen LogP contribution >= 0.6 is 27.3 Å². The molecule has 1 aromatic heterocycles. The first kappa shape index (κ1) is 20.5. The Morgan fingerprint density at radius 2 is 1.79 bits per heavy atom. The summed E-state index contributed by atoms with van der Waals surface area (Å²) >= 11 is 4.96. The van der Waals surface area contributed by atoms with E-state index in [1.54, 1.807) is 33.8 Å². The summed E-state index contributed by atoms with van der Waals surface area (Å²) in [5.41, 5.74) is 4.56. The molecule has 0 saturated carbocycles. The number of thiazole rings is 1. The van der Waals surface area contributed by atoms with Crippen LogP contribution in [0.1, 0.15) is 11.1 Å². The highest BCUT2D eigenvalue weighted by Crippen LogP contribution is 2.31. The molecule has 29 heavy (non-hydrogen) atoms. The van der Waals surface area contributed by atoms with Gasteiger partial charge in [-0.1, -0.05) is 39.7 Å². The fourth-order valence-corrected chi connectivity index (χ4v) is 6.34. The van der Waals surface area contributed by atoms with Crippen molar-refractivity contribution in [2.24, 2.45) is 0 Å². The summed E-state index contributed by atoms with van der Waals surface area (Å²) < 4.78 is 28.2. The summed E-state index contributed by atoms with van der Waals surface area (Å²) in [6.45, 7) is 6.35. The van der Waals surface area contributed by atoms with Gasteiger partial charge in [0.05, 0.1) is 10.6 Å². The van der Waals surface area contributed by atoms with Crippen molar-refractivity contribution in [3.63, 3.8) is 0 Å². The molecule has 152 valence electrons. The number of benzene rings is 2. The van der Waals surface area contributed by atoms with E-state index in [1.165, 1.54) is 11.1 Å². The van der Waals surface area contributed by atoms with Gasteiger partial charge in [0.2, 0.25) is 10.0 Å². The number of aromatic nitrogens is 1. The van der Waals surface area contributed by atoms with E-state index in [9.17, 15) is 8.42 Å². The van der Waals surface area contributed by atoms with Gasteiger partial charge in [-0.05, 0) is 43.7 Å². The highest BCUT2D eigenvalue weighted by molar-refractivity contribution is 9.10. The van der Waals surface area contributed by atoms with Crippen LogP contribution in [0.2, 0.25) is 0 Å². The Kier molecular flexibility index (Phi) is 5.79. The van der Waals surface area contributed by atoms with Gasteiger partial charge >= 0.3 is 0 Å². The first-order chi connectivity index (χ1) is 13.8. The molecule has 1 fully saturated rings. The standard InChI is InChI=1S/C21H22BrN3O2S2/c1-15-6-7-16(2)19(12-15)20-14-28-21(23-20)24-8-10-25(11-9-24)29(26,27)18-5-3-4-17(22)13-18/h3-7,12-14H,8-11H2,1-2H3. The van der Waals surface area contributed by atoms with Gasteiger partial charge in [-0.25, -0.2) is 13.4 Å². The average molecular weight is 492 g/mol. The number of anilines is 1. The molecule has 2 aromatic carbocycles. The Bertz CT molecular complexity index is 1140. The Balaban J connectivity index is 1.48. The zero-order chi connectivity index (χ0) is 20.6. The summed E-state index contributed by atoms with van der Waals surface area (Å²) in [6.07, 6.45) is 0. The van der Waals surface area contributed by atoms with Crippen LogP contribution in [0.3, 0.4) is 0 Å². The molecular formula is C21H22BrN3O2S2. The molecule has 0 radical (unpaired) electrons. The van der Waals surface area contributed by atoms with E-state index in [0.717, 1.165) is 20.9 Å². The van der Waals surface area contributed by atoms with Gasteiger partial charge in [0.15, 0.2) is 5.13 Å². The number of halogens is 1. The number of piperazine rings is 1. The van der Waals surface area contributed by atoms with Crippen LogP contribution in [-0.4, -0.2) is 43.9 Å². The second kappa shape index (κ2) is 8.18. The van der Waals surface area contributed by atoms with Gasteiger partial charge in [0, 0.05) is 41.6 Å². The van der Waals surface area contributed by atoms with Gasteiger partial charge in [0.1, 0.15) is 0 Å². The van der Waals surface area contributed by atoms with E-state index in [1.807, 2.05) is 6.07 Å². The number of aryl methyl sites for hydroxylation is 2. The third-order valence-electron chi connectivity index (χ3n) is 5.10. The minimum absolute atomic E-state index is 0.326. The molecule has 0 atom stereocenters. The SMILES string of the molecule is Cc1ccc(C)c(-c2csc(N3CCN(S(=O)(=O)c4cccc(Br)c4)CC3)n2)c1. The third-order valence-corrected chi connectivity index (χ3v) is 8.39. The van der Waals surface area contributed by atoms with E-state index in [-0.39, 0.29) is 0 Å². The highest BCUT2D eigenvalue weighted by Gasteiger charge is 2.29. The minimum Gasteiger partial charge on any atom is -0.345 e. The average Bonchev–Trinajstić information content (AvgIpc) is 3.20. The predicted molar refractivity (Wildman–Crippen MR) is 122 cm³/mol. The first-order valence-electron chi connectivity index (χ1n) is 9.38. The summed E-state index contributed by atoms with van der Waals surface area (Å²) in [5, 5.41) is 3.03. The van der Waals surface area contributed by atoms with Crippen molar-refractivity contribution in [3.8, 4) is 11.3 Å². The Morgan fingerprint density at radius 3 is 2.52 bits per heavy atom. The van der Waals surface area contributed by atoms with Crippen LogP contribution in [-0.2, 0) is 10.0 Å². The van der Waals surface area contributed by atoms with Crippen LogP contribution in [0.4, 0.5) is 5.13 Å². The Morgan fingerprint density at radius 1 is 1.03 bits per heavy atom. The lowest BCUT2D eigenvalue weighted by atomic mass is 10.0. The monoisotopic (exact) mass is 491 g/mol. The van der Waals surface area contributed by atoms with Gasteiger partial charge < -0.3 is 4.90 Å². The molecule has 3 aromatic rings. The topological polar surface area (TPSA) is 53.5 Å². The summed E-state index contributed by atoms with van der Waals surface area (Å²) in [6, 6.07) is 13.3. The van der Waals surface area contributed by atoms with E-state index < -0.39 is 10.0 Å². The molecular weight excluding hydrogens is 470 g/mol. The Hall–Kier alpha value is -1.74. The van der Waals surface area contributed by atoms with E-state index >= 15 is 0 Å². The number of rotatable bonds is 4. The third kappa shape index (κ3) is 4.26. The van der Waals surface area contributed by atoms with Gasteiger partial charge in [-0.3, -0.25) is 0 Å². The fraction of sp³-hybridized carbons (Fsp3) is 0.286. The number of hydrogen-bond acceptors (Lipinski definition) is 5. The molecule has 0 spiro atoms. The Labute approximate surface area is 184 Å². The smallest absolute Gasteiger partial charge is 0.243 e. The maximum Gasteiger partial charge on any atom is 0.243 e. The molecule has 8 heteroatoms. The van der Waals surface area contributed by atoms with Gasteiger partial charge in [-0.15, -0.1) is 11.3 Å². The second-order valence-corrected chi connectivity index (χ2v) is 10.9. The van der Waals surface area contributed by atoms with Gasteiger partial charge in [0.25, 0.3) is 0 Å². The number of nitrogens with zero attached hydrogens (tertiary/aromatic N) is 3. The molecule has 0 bridgehead atoms. The highest BCUT2D eigenvalue weighted by atomic mass is 79.9. The summed E-state index contributed by atoms with van der Waals surface area (Å²) in [7, 11) is -3.48. The summed E-state index contributed by atoms with van der Waals surface area (Å²) in [5.74, 6) is 0. The maximum absolute atomic E-state index is 12.9. The minimum atomic E-state index is -3.48. The molecule has 4 rings (SSSR count). The quantitative estimate of drug-likeness (QED) is 0.530. The van der Waals surface area contributed by atoms with Crippen LogP contribution in [0.5, 0.6) is 0 Å². The molecule has 2 heterocycles. The molecule has 0 aliphatic carbocycles. The van der Waals surface area contributed by atoms with Gasteiger partial charge in [-0.2, -0.15) is 4.31 Å². The molecule has 0 N–H and O–H groups in total. The van der Waals surface area contributed by atoms with Crippen LogP contribution in [0, 0.1) is 13.8 Å². The molecule has 1 saturated heterocycles. The van der Waals surface area contributed by atoms with Crippen molar-refractivity contribution in [2.45, 2.75) is 18.7 Å². The van der Waals surface area contributed by atoms with Crippen molar-refractivity contribution in [2.75, 3.05) is 31.1 Å². The fourth-order valence-electron chi connectivity index (χ4n) is 3.44. The van der Waals surface area contributed by atoms with Crippen molar-refractivity contribution in [3.05, 3.63) is 63.4 Å². The lowest BCUT2D eigenvalue weighted by molar-refractivity contribution is 0.385. The number of hydrogen-bond donors (Lipinski definition) is 0. The largest absolute Gasteiger partial charge is 0.345 e. The van der Waals surface area contributed by atoms with E-state index in [4.69, 9.17) is 4.98 Å². The summed E-state index contributed by atoms with van der Waals surface area (Å²) in [4.78, 5) is 7.33. The van der Waals surface area contributed by atoms with E-state index in [0.29, 0.717) is 31.1 Å². The molecule has 5 nitrogen and oxygen atoms in total. The van der Waals surface area contributed by atoms with Crippen molar-refractivity contribution >= 4 is 42.4 Å². The van der Waals surface area contributed by atoms with Crippen molar-refractivity contribution in [1.82, 2.24) is 9.29 Å². The van der Waals surface area contributed by atoms with Crippen molar-refractivity contribution < 1.29 is 8.42 Å². The van der Waals surface area contributed by atoms with E-state index in [2.05, 4.69) is 58.3 Å². The zero-order valence-corrected chi connectivity index (χ0v) is 19.5. The normalized spacial score (nSPS) is 15.6. The molecule has 0 unspecified atom stereocenters. The van der Waals surface area contributed by atoms with Crippen LogP contribution < -0.4 is 4.90 Å². The lowest BCUT2D eigenvalue weighted by Gasteiger charge is -2.33. The second-order valence-electron chi connectivity index (χ2n) is 7.18.